The van der Waals surface area contributed by atoms with Crippen LogP contribution in [0.3, 0.4) is 0 Å². The molecule has 0 bridgehead atoms. The molecule has 150 valence electrons. The van der Waals surface area contributed by atoms with Gasteiger partial charge in [0.1, 0.15) is 0 Å². The second-order valence-corrected chi connectivity index (χ2v) is 8.82. The highest BCUT2D eigenvalue weighted by Crippen LogP contribution is 2.30. The number of aromatic nitrogens is 1. The van der Waals surface area contributed by atoms with E-state index in [-0.39, 0.29) is 5.91 Å². The fraction of sp³-hybridized carbons (Fsp3) is 0.217. The van der Waals surface area contributed by atoms with Gasteiger partial charge < -0.3 is 4.57 Å². The van der Waals surface area contributed by atoms with Gasteiger partial charge in [0.25, 0.3) is 0 Å². The largest absolute Gasteiger partial charge is 0.317 e. The fourth-order valence-electron chi connectivity index (χ4n) is 3.31. The molecule has 3 rings (SSSR count). The van der Waals surface area contributed by atoms with Crippen molar-refractivity contribution in [2.24, 2.45) is 5.10 Å². The van der Waals surface area contributed by atoms with Gasteiger partial charge in [0.05, 0.1) is 12.0 Å². The number of hydrazone groups is 1. The van der Waals surface area contributed by atoms with E-state index >= 15 is 0 Å². The topological polar surface area (TPSA) is 46.4 Å². The number of benzene rings is 2. The first kappa shape index (κ1) is 21.4. The summed E-state index contributed by atoms with van der Waals surface area (Å²) in [4.78, 5) is 13.1. The first-order valence-corrected chi connectivity index (χ1v) is 11.1. The Bertz CT molecular complexity index is 1040. The summed E-state index contributed by atoms with van der Waals surface area (Å²) in [6.07, 6.45) is 1.71. The Morgan fingerprint density at radius 1 is 1.07 bits per heavy atom. The van der Waals surface area contributed by atoms with Gasteiger partial charge in [-0.05, 0) is 79.0 Å². The standard InChI is InChI=1S/C23H24BrN3OS/c1-15-10-16(2)12-19(11-15)27-17(3)21(23(24)18(27)4)13-25-26-22(28)14-29-20-8-6-5-7-9-20/h5-13H,14H2,1-4H3,(H,26,28)/b25-13-. The minimum absolute atomic E-state index is 0.130. The number of carbonyl (C=O) groups excluding carboxylic acids is 1. The van der Waals surface area contributed by atoms with Crippen molar-refractivity contribution < 1.29 is 4.79 Å². The number of thioether (sulfide) groups is 1. The van der Waals surface area contributed by atoms with E-state index in [4.69, 9.17) is 0 Å². The summed E-state index contributed by atoms with van der Waals surface area (Å²) in [5.74, 6) is 0.193. The van der Waals surface area contributed by atoms with Crippen molar-refractivity contribution >= 4 is 39.8 Å². The summed E-state index contributed by atoms with van der Waals surface area (Å²) in [6, 6.07) is 16.4. The van der Waals surface area contributed by atoms with Crippen LogP contribution in [-0.4, -0.2) is 22.4 Å². The minimum atomic E-state index is -0.130. The highest BCUT2D eigenvalue weighted by Gasteiger charge is 2.16. The van der Waals surface area contributed by atoms with Crippen LogP contribution in [0.5, 0.6) is 0 Å². The van der Waals surface area contributed by atoms with Crippen LogP contribution in [0.15, 0.2) is 63.0 Å². The SMILES string of the molecule is Cc1cc(C)cc(-n2c(C)c(Br)c(/C=N\NC(=O)CSc3ccccc3)c2C)c1. The molecular weight excluding hydrogens is 446 g/mol. The number of halogens is 1. The highest BCUT2D eigenvalue weighted by atomic mass is 79.9. The molecule has 0 saturated carbocycles. The van der Waals surface area contributed by atoms with Gasteiger partial charge in [-0.25, -0.2) is 5.43 Å². The van der Waals surface area contributed by atoms with Gasteiger partial charge in [-0.1, -0.05) is 24.3 Å². The van der Waals surface area contributed by atoms with Crippen LogP contribution in [-0.2, 0) is 4.79 Å². The van der Waals surface area contributed by atoms with E-state index in [1.807, 2.05) is 30.3 Å². The van der Waals surface area contributed by atoms with Crippen LogP contribution in [0.2, 0.25) is 0 Å². The van der Waals surface area contributed by atoms with Crippen molar-refractivity contribution in [3.8, 4) is 5.69 Å². The maximum absolute atomic E-state index is 12.1. The van der Waals surface area contributed by atoms with E-state index in [2.05, 4.69) is 76.9 Å². The number of carbonyl (C=O) groups is 1. The lowest BCUT2D eigenvalue weighted by Gasteiger charge is -2.11. The minimum Gasteiger partial charge on any atom is -0.317 e. The van der Waals surface area contributed by atoms with Crippen LogP contribution < -0.4 is 5.43 Å². The second kappa shape index (κ2) is 9.46. The van der Waals surface area contributed by atoms with Crippen LogP contribution >= 0.6 is 27.7 Å². The maximum atomic E-state index is 12.1. The molecule has 4 nitrogen and oxygen atoms in total. The third-order valence-corrected chi connectivity index (χ3v) is 6.59. The molecule has 1 aromatic heterocycles. The monoisotopic (exact) mass is 469 g/mol. The molecule has 0 unspecified atom stereocenters. The number of rotatable bonds is 6. The zero-order chi connectivity index (χ0) is 21.0. The van der Waals surface area contributed by atoms with Crippen molar-refractivity contribution in [1.29, 1.82) is 0 Å². The van der Waals surface area contributed by atoms with Crippen LogP contribution in [0.25, 0.3) is 5.69 Å². The predicted molar refractivity (Wildman–Crippen MR) is 125 cm³/mol. The maximum Gasteiger partial charge on any atom is 0.250 e. The lowest BCUT2D eigenvalue weighted by atomic mass is 10.1. The number of hydrogen-bond acceptors (Lipinski definition) is 3. The number of nitrogens with zero attached hydrogens (tertiary/aromatic N) is 2. The average molecular weight is 470 g/mol. The summed E-state index contributed by atoms with van der Waals surface area (Å²) in [6.45, 7) is 8.33. The van der Waals surface area contributed by atoms with E-state index in [1.54, 1.807) is 6.21 Å². The first-order chi connectivity index (χ1) is 13.9. The van der Waals surface area contributed by atoms with Gasteiger partial charge in [0.15, 0.2) is 0 Å². The fourth-order valence-corrected chi connectivity index (χ4v) is 4.59. The van der Waals surface area contributed by atoms with E-state index < -0.39 is 0 Å². The Morgan fingerprint density at radius 2 is 1.72 bits per heavy atom. The predicted octanol–water partition coefficient (Wildman–Crippen LogP) is 5.72. The number of aryl methyl sites for hydroxylation is 2. The third kappa shape index (κ3) is 5.19. The van der Waals surface area contributed by atoms with Gasteiger partial charge in [-0.15, -0.1) is 11.8 Å². The first-order valence-electron chi connectivity index (χ1n) is 9.32. The molecule has 0 atom stereocenters. The quantitative estimate of drug-likeness (QED) is 0.285. The zero-order valence-electron chi connectivity index (χ0n) is 17.0. The average Bonchev–Trinajstić information content (AvgIpc) is 2.89. The van der Waals surface area contributed by atoms with E-state index in [0.717, 1.165) is 32.0 Å². The molecule has 0 aliphatic heterocycles. The Morgan fingerprint density at radius 3 is 2.38 bits per heavy atom. The van der Waals surface area contributed by atoms with E-state index in [0.29, 0.717) is 5.75 Å². The summed E-state index contributed by atoms with van der Waals surface area (Å²) >= 11 is 5.17. The summed E-state index contributed by atoms with van der Waals surface area (Å²) < 4.78 is 3.18. The molecule has 1 heterocycles. The molecule has 29 heavy (non-hydrogen) atoms. The van der Waals surface area contributed by atoms with E-state index in [1.165, 1.54) is 22.9 Å². The van der Waals surface area contributed by atoms with Crippen LogP contribution in [0.4, 0.5) is 0 Å². The molecule has 0 saturated heterocycles. The van der Waals surface area contributed by atoms with Gasteiger partial charge in [-0.3, -0.25) is 4.79 Å². The highest BCUT2D eigenvalue weighted by molar-refractivity contribution is 9.10. The Hall–Kier alpha value is -2.31. The molecule has 3 aromatic rings. The number of hydrogen-bond donors (Lipinski definition) is 1. The molecule has 6 heteroatoms. The Labute approximate surface area is 184 Å². The second-order valence-electron chi connectivity index (χ2n) is 6.97. The molecule has 0 spiro atoms. The lowest BCUT2D eigenvalue weighted by molar-refractivity contribution is -0.118. The van der Waals surface area contributed by atoms with Crippen molar-refractivity contribution in [1.82, 2.24) is 9.99 Å². The lowest BCUT2D eigenvalue weighted by Crippen LogP contribution is -2.19. The van der Waals surface area contributed by atoms with Gasteiger partial charge in [-0.2, -0.15) is 5.10 Å². The molecule has 0 fully saturated rings. The van der Waals surface area contributed by atoms with Gasteiger partial charge >= 0.3 is 0 Å². The van der Waals surface area contributed by atoms with Crippen LogP contribution in [0.1, 0.15) is 28.1 Å². The number of nitrogens with one attached hydrogen (secondary N) is 1. The van der Waals surface area contributed by atoms with Crippen LogP contribution in [0, 0.1) is 27.7 Å². The van der Waals surface area contributed by atoms with Gasteiger partial charge in [0, 0.05) is 32.0 Å². The molecule has 1 N–H and O–H groups in total. The summed E-state index contributed by atoms with van der Waals surface area (Å²) in [5.41, 5.74) is 9.32. The Kier molecular flexibility index (Phi) is 6.98. The molecule has 0 aliphatic rings. The third-order valence-electron chi connectivity index (χ3n) is 4.58. The molecular formula is C23H24BrN3OS. The molecule has 0 radical (unpaired) electrons. The Balaban J connectivity index is 1.73. The van der Waals surface area contributed by atoms with Gasteiger partial charge in [0.2, 0.25) is 5.91 Å². The smallest absolute Gasteiger partial charge is 0.250 e. The van der Waals surface area contributed by atoms with E-state index in [9.17, 15) is 4.79 Å². The van der Waals surface area contributed by atoms with Crippen molar-refractivity contribution in [2.45, 2.75) is 32.6 Å². The zero-order valence-corrected chi connectivity index (χ0v) is 19.4. The van der Waals surface area contributed by atoms with Crippen molar-refractivity contribution in [3.63, 3.8) is 0 Å². The van der Waals surface area contributed by atoms with Crippen molar-refractivity contribution in [2.75, 3.05) is 5.75 Å². The van der Waals surface area contributed by atoms with Crippen molar-refractivity contribution in [3.05, 3.63) is 81.1 Å². The molecule has 1 amide bonds. The summed E-state index contributed by atoms with van der Waals surface area (Å²) in [7, 11) is 0. The number of amides is 1. The molecule has 2 aromatic carbocycles. The molecule has 0 aliphatic carbocycles. The normalized spacial score (nSPS) is 11.2. The summed E-state index contributed by atoms with van der Waals surface area (Å²) in [5, 5.41) is 4.18.